The molecule has 1 atom stereocenters. The Morgan fingerprint density at radius 2 is 2.10 bits per heavy atom. The van der Waals surface area contributed by atoms with E-state index < -0.39 is 17.8 Å². The highest BCUT2D eigenvalue weighted by Crippen LogP contribution is 2.15. The van der Waals surface area contributed by atoms with E-state index in [1.54, 1.807) is 13.0 Å². The van der Waals surface area contributed by atoms with E-state index in [4.69, 9.17) is 5.11 Å². The normalized spacial score (nSPS) is 11.8. The SMILES string of the molecule is Cc1ccc(NC(=O)NCC(C)CCC(=O)O)c(F)c1. The first-order valence-corrected chi connectivity index (χ1v) is 6.41. The average molecular weight is 282 g/mol. The number of urea groups is 1. The molecule has 0 bridgehead atoms. The molecule has 1 rings (SSSR count). The van der Waals surface area contributed by atoms with Crippen molar-refractivity contribution in [2.45, 2.75) is 26.7 Å². The van der Waals surface area contributed by atoms with Gasteiger partial charge < -0.3 is 15.7 Å². The van der Waals surface area contributed by atoms with Crippen molar-refractivity contribution < 1.29 is 19.1 Å². The summed E-state index contributed by atoms with van der Waals surface area (Å²) in [6.45, 7) is 3.94. The minimum Gasteiger partial charge on any atom is -0.481 e. The van der Waals surface area contributed by atoms with Crippen LogP contribution in [0.3, 0.4) is 0 Å². The van der Waals surface area contributed by atoms with E-state index in [0.29, 0.717) is 13.0 Å². The number of hydrogen-bond donors (Lipinski definition) is 3. The van der Waals surface area contributed by atoms with Crippen LogP contribution in [-0.4, -0.2) is 23.7 Å². The lowest BCUT2D eigenvalue weighted by Gasteiger charge is -2.12. The van der Waals surface area contributed by atoms with Gasteiger partial charge in [0.25, 0.3) is 0 Å². The van der Waals surface area contributed by atoms with E-state index in [1.807, 2.05) is 6.92 Å². The largest absolute Gasteiger partial charge is 0.481 e. The van der Waals surface area contributed by atoms with Gasteiger partial charge in [0.05, 0.1) is 5.69 Å². The van der Waals surface area contributed by atoms with Crippen LogP contribution in [0.15, 0.2) is 18.2 Å². The molecule has 110 valence electrons. The van der Waals surface area contributed by atoms with E-state index in [-0.39, 0.29) is 18.0 Å². The third-order valence-electron chi connectivity index (χ3n) is 2.83. The molecule has 3 N–H and O–H groups in total. The molecule has 1 aromatic carbocycles. The van der Waals surface area contributed by atoms with Crippen LogP contribution in [0.4, 0.5) is 14.9 Å². The summed E-state index contributed by atoms with van der Waals surface area (Å²) in [6.07, 6.45) is 0.547. The lowest BCUT2D eigenvalue weighted by atomic mass is 10.1. The van der Waals surface area contributed by atoms with E-state index in [9.17, 15) is 14.0 Å². The van der Waals surface area contributed by atoms with Gasteiger partial charge in [-0.2, -0.15) is 0 Å². The van der Waals surface area contributed by atoms with Crippen molar-refractivity contribution in [2.24, 2.45) is 5.92 Å². The molecule has 0 radical (unpaired) electrons. The van der Waals surface area contributed by atoms with E-state index >= 15 is 0 Å². The van der Waals surface area contributed by atoms with Gasteiger partial charge in [0.15, 0.2) is 0 Å². The Morgan fingerprint density at radius 1 is 1.40 bits per heavy atom. The number of anilines is 1. The van der Waals surface area contributed by atoms with Crippen LogP contribution in [0.1, 0.15) is 25.3 Å². The van der Waals surface area contributed by atoms with Crippen LogP contribution < -0.4 is 10.6 Å². The Balaban J connectivity index is 2.38. The number of rotatable bonds is 6. The minimum absolute atomic E-state index is 0.0414. The van der Waals surface area contributed by atoms with Crippen LogP contribution in [0.2, 0.25) is 0 Å². The summed E-state index contributed by atoms with van der Waals surface area (Å²) in [5, 5.41) is 13.5. The second kappa shape index (κ2) is 7.47. The molecule has 5 nitrogen and oxygen atoms in total. The van der Waals surface area contributed by atoms with Crippen molar-refractivity contribution in [3.8, 4) is 0 Å². The predicted molar refractivity (Wildman–Crippen MR) is 74.2 cm³/mol. The number of carbonyl (C=O) groups excluding carboxylic acids is 1. The maximum atomic E-state index is 13.5. The van der Waals surface area contributed by atoms with E-state index in [1.165, 1.54) is 12.1 Å². The Hall–Kier alpha value is -2.11. The van der Waals surface area contributed by atoms with Crippen LogP contribution >= 0.6 is 0 Å². The Kier molecular flexibility index (Phi) is 5.96. The molecule has 0 heterocycles. The summed E-state index contributed by atoms with van der Waals surface area (Å²) in [7, 11) is 0. The summed E-state index contributed by atoms with van der Waals surface area (Å²) in [4.78, 5) is 22.0. The molecule has 0 aliphatic rings. The molecule has 0 saturated heterocycles. The number of nitrogens with one attached hydrogen (secondary N) is 2. The van der Waals surface area contributed by atoms with Gasteiger partial charge in [-0.25, -0.2) is 9.18 Å². The fourth-order valence-corrected chi connectivity index (χ4v) is 1.63. The zero-order valence-electron chi connectivity index (χ0n) is 11.6. The molecule has 1 unspecified atom stereocenters. The third kappa shape index (κ3) is 5.69. The number of halogens is 1. The van der Waals surface area contributed by atoms with Gasteiger partial charge in [-0.05, 0) is 37.0 Å². The second-order valence-electron chi connectivity index (χ2n) is 4.86. The predicted octanol–water partition coefficient (Wildman–Crippen LogP) is 2.76. The van der Waals surface area contributed by atoms with Crippen molar-refractivity contribution in [3.05, 3.63) is 29.6 Å². The van der Waals surface area contributed by atoms with Gasteiger partial charge in [-0.3, -0.25) is 4.79 Å². The highest BCUT2D eigenvalue weighted by atomic mass is 19.1. The molecule has 20 heavy (non-hydrogen) atoms. The molecule has 0 aliphatic carbocycles. The lowest BCUT2D eigenvalue weighted by Crippen LogP contribution is -2.32. The van der Waals surface area contributed by atoms with Crippen LogP contribution in [0.5, 0.6) is 0 Å². The summed E-state index contributed by atoms with van der Waals surface area (Å²) in [6, 6.07) is 4.03. The van der Waals surface area contributed by atoms with E-state index in [0.717, 1.165) is 5.56 Å². The van der Waals surface area contributed by atoms with Crippen LogP contribution in [0.25, 0.3) is 0 Å². The van der Waals surface area contributed by atoms with Crippen molar-refractivity contribution in [2.75, 3.05) is 11.9 Å². The molecular formula is C14H19FN2O3. The summed E-state index contributed by atoms with van der Waals surface area (Å²) < 4.78 is 13.5. The van der Waals surface area contributed by atoms with Crippen molar-refractivity contribution >= 4 is 17.7 Å². The summed E-state index contributed by atoms with van der Waals surface area (Å²) in [5.74, 6) is -1.30. The average Bonchev–Trinajstić information content (AvgIpc) is 2.37. The summed E-state index contributed by atoms with van der Waals surface area (Å²) >= 11 is 0. The first-order valence-electron chi connectivity index (χ1n) is 6.41. The number of carbonyl (C=O) groups is 2. The molecule has 0 aliphatic heterocycles. The molecule has 1 aromatic rings. The number of carboxylic acid groups (broad SMARTS) is 1. The smallest absolute Gasteiger partial charge is 0.319 e. The Labute approximate surface area is 117 Å². The number of hydrogen-bond acceptors (Lipinski definition) is 2. The minimum atomic E-state index is -0.858. The quantitative estimate of drug-likeness (QED) is 0.750. The van der Waals surface area contributed by atoms with Gasteiger partial charge in [-0.15, -0.1) is 0 Å². The third-order valence-corrected chi connectivity index (χ3v) is 2.83. The number of benzene rings is 1. The van der Waals surface area contributed by atoms with Gasteiger partial charge in [0.2, 0.25) is 0 Å². The number of amides is 2. The molecule has 0 aromatic heterocycles. The second-order valence-corrected chi connectivity index (χ2v) is 4.86. The molecule has 0 spiro atoms. The maximum absolute atomic E-state index is 13.5. The van der Waals surface area contributed by atoms with Gasteiger partial charge in [-0.1, -0.05) is 13.0 Å². The highest BCUT2D eigenvalue weighted by Gasteiger charge is 2.09. The Bertz CT molecular complexity index is 491. The first kappa shape index (κ1) is 15.9. The molecule has 0 saturated carbocycles. The standard InChI is InChI=1S/C14H19FN2O3/c1-9-3-5-12(11(15)7-9)17-14(20)16-8-10(2)4-6-13(18)19/h3,5,7,10H,4,6,8H2,1-2H3,(H,18,19)(H2,16,17,20). The number of carboxylic acids is 1. The number of aliphatic carboxylic acids is 1. The van der Waals surface area contributed by atoms with Gasteiger partial charge in [0, 0.05) is 13.0 Å². The lowest BCUT2D eigenvalue weighted by molar-refractivity contribution is -0.137. The maximum Gasteiger partial charge on any atom is 0.319 e. The first-order chi connectivity index (χ1) is 9.38. The molecule has 0 fully saturated rings. The van der Waals surface area contributed by atoms with Gasteiger partial charge in [0.1, 0.15) is 5.82 Å². The van der Waals surface area contributed by atoms with Gasteiger partial charge >= 0.3 is 12.0 Å². The van der Waals surface area contributed by atoms with E-state index in [2.05, 4.69) is 10.6 Å². The van der Waals surface area contributed by atoms with Crippen molar-refractivity contribution in [3.63, 3.8) is 0 Å². The van der Waals surface area contributed by atoms with Crippen molar-refractivity contribution in [1.29, 1.82) is 0 Å². The van der Waals surface area contributed by atoms with Crippen molar-refractivity contribution in [1.82, 2.24) is 5.32 Å². The number of aryl methyl sites for hydroxylation is 1. The molecule has 2 amide bonds. The zero-order valence-corrected chi connectivity index (χ0v) is 11.6. The fourth-order valence-electron chi connectivity index (χ4n) is 1.63. The van der Waals surface area contributed by atoms with Crippen LogP contribution in [0, 0.1) is 18.7 Å². The fraction of sp³-hybridized carbons (Fsp3) is 0.429. The molecule has 6 heteroatoms. The Morgan fingerprint density at radius 3 is 2.70 bits per heavy atom. The zero-order chi connectivity index (χ0) is 15.1. The van der Waals surface area contributed by atoms with Crippen LogP contribution in [-0.2, 0) is 4.79 Å². The monoisotopic (exact) mass is 282 g/mol. The molecular weight excluding hydrogens is 263 g/mol. The topological polar surface area (TPSA) is 78.4 Å². The summed E-state index contributed by atoms with van der Waals surface area (Å²) in [5.41, 5.74) is 0.891. The highest BCUT2D eigenvalue weighted by molar-refractivity contribution is 5.89.